The van der Waals surface area contributed by atoms with Gasteiger partial charge in [-0.2, -0.15) is 17.6 Å². The molecular formula is C17H18ClF3N4O2S. The lowest BCUT2D eigenvalue weighted by molar-refractivity contribution is -0.141. The maximum Gasteiger partial charge on any atom is 0.433 e. The standard InChI is InChI=1S/C17H18ClF3N4O2S/c1-11(13-5-8-15(23-9-13)17(19,20)21)28(2,26)25-16(22)24-27-10-12-3-6-14(18)7-4-12/h3-9H,10H2,1-2H3,(H3,22,24,25,26). The number of halogens is 4. The number of benzene rings is 1. The van der Waals surface area contributed by atoms with E-state index >= 15 is 0 Å². The number of pyridine rings is 1. The molecule has 1 aromatic heterocycles. The van der Waals surface area contributed by atoms with E-state index in [-0.39, 0.29) is 23.0 Å². The number of nitrogens with zero attached hydrogens (tertiary/aromatic N) is 2. The van der Waals surface area contributed by atoms with Gasteiger partial charge in [-0.1, -0.05) is 29.8 Å². The Kier molecular flexibility index (Phi) is 6.91. The molecule has 11 heteroatoms. The molecule has 28 heavy (non-hydrogen) atoms. The first-order valence-corrected chi connectivity index (χ1v) is 10.1. The predicted octanol–water partition coefficient (Wildman–Crippen LogP) is 3.16. The van der Waals surface area contributed by atoms with Crippen molar-refractivity contribution in [2.24, 2.45) is 10.1 Å². The van der Waals surface area contributed by atoms with E-state index in [0.29, 0.717) is 5.02 Å². The Morgan fingerprint density at radius 1 is 1.29 bits per heavy atom. The number of nitrogens with one attached hydrogen (secondary N) is 1. The van der Waals surface area contributed by atoms with E-state index in [1.54, 1.807) is 24.3 Å². The summed E-state index contributed by atoms with van der Waals surface area (Å²) in [6.07, 6.45) is -2.24. The van der Waals surface area contributed by atoms with Crippen molar-refractivity contribution in [2.45, 2.75) is 19.7 Å². The molecule has 0 aliphatic rings. The molecule has 0 radical (unpaired) electrons. The number of guanidine groups is 1. The molecule has 0 spiro atoms. The van der Waals surface area contributed by atoms with E-state index in [9.17, 15) is 17.4 Å². The van der Waals surface area contributed by atoms with Crippen LogP contribution in [0.4, 0.5) is 13.2 Å². The highest BCUT2D eigenvalue weighted by molar-refractivity contribution is 8.01. The lowest BCUT2D eigenvalue weighted by Crippen LogP contribution is -2.33. The van der Waals surface area contributed by atoms with Crippen LogP contribution in [0, 0.1) is 0 Å². The third kappa shape index (κ3) is 6.11. The number of hydrogen-bond donors (Lipinski definition) is 2. The van der Waals surface area contributed by atoms with Crippen molar-refractivity contribution in [2.75, 3.05) is 6.26 Å². The summed E-state index contributed by atoms with van der Waals surface area (Å²) in [6.45, 7) is 1.64. The monoisotopic (exact) mass is 434 g/mol. The minimum absolute atomic E-state index is 0.157. The topological polar surface area (TPSA) is 89.6 Å². The molecule has 2 aromatic rings. The summed E-state index contributed by atoms with van der Waals surface area (Å²) in [4.78, 5) is 8.77. The van der Waals surface area contributed by atoms with Gasteiger partial charge in [0, 0.05) is 27.9 Å². The second-order valence-corrected chi connectivity index (χ2v) is 8.62. The SMILES string of the molecule is CC(c1ccc(C(F)(F)F)nc1)=S(C)(=O)N=C(N)NOCc1ccc(Cl)cc1. The van der Waals surface area contributed by atoms with Crippen LogP contribution < -0.4 is 11.2 Å². The molecule has 1 unspecified atom stereocenters. The van der Waals surface area contributed by atoms with Crippen molar-refractivity contribution >= 4 is 32.1 Å². The third-order valence-corrected chi connectivity index (χ3v) is 5.80. The Hall–Kier alpha value is -2.30. The summed E-state index contributed by atoms with van der Waals surface area (Å²) in [7, 11) is -3.01. The molecule has 1 heterocycles. The van der Waals surface area contributed by atoms with Gasteiger partial charge < -0.3 is 5.73 Å². The lowest BCUT2D eigenvalue weighted by Gasteiger charge is -2.10. The molecule has 2 rings (SSSR count). The van der Waals surface area contributed by atoms with Crippen LogP contribution in [0.5, 0.6) is 0 Å². The van der Waals surface area contributed by atoms with Gasteiger partial charge in [0.1, 0.15) is 5.69 Å². The second kappa shape index (κ2) is 8.80. The van der Waals surface area contributed by atoms with Gasteiger partial charge in [-0.15, -0.1) is 0 Å². The zero-order chi connectivity index (χ0) is 20.9. The maximum atomic E-state index is 12.8. The Labute approximate surface area is 165 Å². The van der Waals surface area contributed by atoms with Gasteiger partial charge in [0.25, 0.3) is 0 Å². The third-order valence-electron chi connectivity index (χ3n) is 3.63. The van der Waals surface area contributed by atoms with Gasteiger partial charge in [-0.3, -0.25) is 9.82 Å². The van der Waals surface area contributed by atoms with E-state index in [1.807, 2.05) is 0 Å². The van der Waals surface area contributed by atoms with Crippen LogP contribution in [-0.2, 0) is 27.3 Å². The number of hydroxylamine groups is 1. The van der Waals surface area contributed by atoms with E-state index in [0.717, 1.165) is 17.8 Å². The van der Waals surface area contributed by atoms with Crippen molar-refractivity contribution in [3.8, 4) is 0 Å². The predicted molar refractivity (Wildman–Crippen MR) is 104 cm³/mol. The first-order chi connectivity index (χ1) is 13.0. The lowest BCUT2D eigenvalue weighted by atomic mass is 10.2. The van der Waals surface area contributed by atoms with Crippen molar-refractivity contribution < 1.29 is 22.2 Å². The summed E-state index contributed by atoms with van der Waals surface area (Å²) < 4.78 is 54.4. The average Bonchev–Trinajstić information content (AvgIpc) is 2.61. The van der Waals surface area contributed by atoms with E-state index in [4.69, 9.17) is 22.2 Å². The maximum absolute atomic E-state index is 12.8. The molecule has 0 aliphatic heterocycles. The fourth-order valence-corrected chi connectivity index (χ4v) is 3.27. The first-order valence-electron chi connectivity index (χ1n) is 7.83. The minimum atomic E-state index is -4.55. The van der Waals surface area contributed by atoms with Crippen LogP contribution in [0.15, 0.2) is 47.0 Å². The Bertz CT molecular complexity index is 967. The molecule has 6 nitrogen and oxygen atoms in total. The van der Waals surface area contributed by atoms with Gasteiger partial charge in [0.2, 0.25) is 5.96 Å². The largest absolute Gasteiger partial charge is 0.433 e. The normalized spacial score (nSPS) is 14.4. The highest BCUT2D eigenvalue weighted by Crippen LogP contribution is 2.27. The smallest absolute Gasteiger partial charge is 0.367 e. The Balaban J connectivity index is 2.10. The molecular weight excluding hydrogens is 417 g/mol. The highest BCUT2D eigenvalue weighted by Gasteiger charge is 2.32. The highest BCUT2D eigenvalue weighted by atomic mass is 35.5. The molecule has 152 valence electrons. The van der Waals surface area contributed by atoms with Crippen molar-refractivity contribution in [1.82, 2.24) is 10.5 Å². The average molecular weight is 435 g/mol. The van der Waals surface area contributed by atoms with Gasteiger partial charge in [0.05, 0.1) is 16.3 Å². The number of hydrogen-bond acceptors (Lipinski definition) is 3. The van der Waals surface area contributed by atoms with Gasteiger partial charge >= 0.3 is 6.18 Å². The molecule has 3 N–H and O–H groups in total. The van der Waals surface area contributed by atoms with Crippen LogP contribution in [0.3, 0.4) is 0 Å². The molecule has 0 fully saturated rings. The van der Waals surface area contributed by atoms with Crippen LogP contribution in [0.1, 0.15) is 23.7 Å². The molecule has 0 aliphatic carbocycles. The zero-order valence-corrected chi connectivity index (χ0v) is 16.5. The molecule has 1 aromatic carbocycles. The summed E-state index contributed by atoms with van der Waals surface area (Å²) in [6, 6.07) is 8.92. The van der Waals surface area contributed by atoms with E-state index < -0.39 is 21.6 Å². The quantitative estimate of drug-likeness (QED) is 0.248. The zero-order valence-electron chi connectivity index (χ0n) is 15.0. The van der Waals surface area contributed by atoms with E-state index in [2.05, 4.69) is 14.9 Å². The Morgan fingerprint density at radius 3 is 2.46 bits per heavy atom. The summed E-state index contributed by atoms with van der Waals surface area (Å²) >= 11 is 5.79. The summed E-state index contributed by atoms with van der Waals surface area (Å²) in [5.74, 6) is -0.235. The van der Waals surface area contributed by atoms with Crippen molar-refractivity contribution in [3.63, 3.8) is 0 Å². The Morgan fingerprint density at radius 2 is 1.93 bits per heavy atom. The molecule has 0 bridgehead atoms. The number of aromatic nitrogens is 1. The molecule has 0 amide bonds. The van der Waals surface area contributed by atoms with Crippen LogP contribution >= 0.6 is 11.6 Å². The molecule has 0 saturated carbocycles. The summed E-state index contributed by atoms with van der Waals surface area (Å²) in [5.41, 5.74) is 8.10. The fourth-order valence-electron chi connectivity index (χ4n) is 2.04. The number of nitrogens with two attached hydrogens (primary N) is 1. The molecule has 0 saturated heterocycles. The van der Waals surface area contributed by atoms with Gasteiger partial charge in [-0.25, -0.2) is 9.69 Å². The number of rotatable bonds is 5. The second-order valence-electron chi connectivity index (χ2n) is 5.78. The summed E-state index contributed by atoms with van der Waals surface area (Å²) in [5, 5.41) is 0.590. The van der Waals surface area contributed by atoms with Gasteiger partial charge in [-0.05, 0) is 30.7 Å². The van der Waals surface area contributed by atoms with Crippen LogP contribution in [0.25, 0.3) is 0 Å². The van der Waals surface area contributed by atoms with E-state index in [1.165, 1.54) is 19.2 Å². The van der Waals surface area contributed by atoms with Gasteiger partial charge in [0.15, 0.2) is 0 Å². The van der Waals surface area contributed by atoms with Crippen molar-refractivity contribution in [3.05, 3.63) is 64.4 Å². The number of alkyl halides is 3. The fraction of sp³-hybridized carbons (Fsp3) is 0.235. The van der Waals surface area contributed by atoms with Crippen molar-refractivity contribution in [1.29, 1.82) is 0 Å². The molecule has 1 atom stereocenters. The minimum Gasteiger partial charge on any atom is -0.367 e. The van der Waals surface area contributed by atoms with Crippen LogP contribution in [0.2, 0.25) is 5.02 Å². The van der Waals surface area contributed by atoms with Crippen LogP contribution in [-0.4, -0.2) is 26.3 Å². The first kappa shape index (κ1) is 22.0.